The Morgan fingerprint density at radius 2 is 2.06 bits per heavy atom. The number of carboxylic acid groups (broad SMARTS) is 1. The van der Waals surface area contributed by atoms with Crippen LogP contribution in [0.1, 0.15) is 17.3 Å². The van der Waals surface area contributed by atoms with E-state index in [-0.39, 0.29) is 27.6 Å². The van der Waals surface area contributed by atoms with Crippen LogP contribution in [0.4, 0.5) is 5.69 Å². The van der Waals surface area contributed by atoms with Gasteiger partial charge in [0.25, 0.3) is 0 Å². The van der Waals surface area contributed by atoms with E-state index in [4.69, 9.17) is 15.6 Å². The number of sulfone groups is 1. The zero-order valence-electron chi connectivity index (χ0n) is 9.43. The molecule has 0 saturated carbocycles. The number of hydrogen-bond donors (Lipinski definition) is 2. The first kappa shape index (κ1) is 13.3. The highest BCUT2D eigenvalue weighted by molar-refractivity contribution is 7.91. The van der Waals surface area contributed by atoms with E-state index in [9.17, 15) is 13.2 Å². The third-order valence-electron chi connectivity index (χ3n) is 2.28. The second kappa shape index (κ2) is 4.62. The topological polar surface area (TPSA) is 107 Å². The van der Waals surface area contributed by atoms with Gasteiger partial charge in [-0.15, -0.1) is 0 Å². The van der Waals surface area contributed by atoms with Crippen LogP contribution in [-0.2, 0) is 9.84 Å². The molecule has 1 rings (SSSR count). The molecule has 0 atom stereocenters. The zero-order chi connectivity index (χ0) is 13.2. The molecule has 0 unspecified atom stereocenters. The highest BCUT2D eigenvalue weighted by Gasteiger charge is 2.21. The molecule has 0 aliphatic rings. The van der Waals surface area contributed by atoms with Crippen molar-refractivity contribution in [1.29, 1.82) is 0 Å². The lowest BCUT2D eigenvalue weighted by atomic mass is 10.2. The van der Waals surface area contributed by atoms with Gasteiger partial charge in [-0.1, -0.05) is 6.92 Å². The van der Waals surface area contributed by atoms with Gasteiger partial charge in [-0.05, 0) is 6.07 Å². The monoisotopic (exact) mass is 259 g/mol. The number of benzene rings is 1. The van der Waals surface area contributed by atoms with Crippen molar-refractivity contribution in [3.8, 4) is 5.75 Å². The second-order valence-corrected chi connectivity index (χ2v) is 5.55. The number of ether oxygens (including phenoxy) is 1. The fraction of sp³-hybridized carbons (Fsp3) is 0.300. The van der Waals surface area contributed by atoms with E-state index in [0.717, 1.165) is 6.07 Å². The molecule has 0 aliphatic heterocycles. The van der Waals surface area contributed by atoms with Crippen molar-refractivity contribution in [3.05, 3.63) is 17.7 Å². The summed E-state index contributed by atoms with van der Waals surface area (Å²) < 4.78 is 28.2. The number of methoxy groups -OCH3 is 1. The van der Waals surface area contributed by atoms with E-state index in [0.29, 0.717) is 0 Å². The minimum Gasteiger partial charge on any atom is -0.496 e. The number of aromatic carboxylic acids is 1. The molecule has 1 aromatic carbocycles. The lowest BCUT2D eigenvalue weighted by molar-refractivity contribution is 0.0693. The fourth-order valence-corrected chi connectivity index (χ4v) is 2.36. The maximum atomic E-state index is 11.7. The fourth-order valence-electron chi connectivity index (χ4n) is 1.34. The van der Waals surface area contributed by atoms with Crippen LogP contribution in [0.25, 0.3) is 0 Å². The van der Waals surface area contributed by atoms with Gasteiger partial charge in [-0.3, -0.25) is 0 Å². The third-order valence-corrected chi connectivity index (χ3v) is 4.06. The smallest absolute Gasteiger partial charge is 0.339 e. The summed E-state index contributed by atoms with van der Waals surface area (Å²) in [5, 5.41) is 8.93. The summed E-state index contributed by atoms with van der Waals surface area (Å²) in [6, 6.07) is 2.22. The van der Waals surface area contributed by atoms with E-state index < -0.39 is 15.8 Å². The van der Waals surface area contributed by atoms with Crippen molar-refractivity contribution in [1.82, 2.24) is 0 Å². The van der Waals surface area contributed by atoms with Gasteiger partial charge in [-0.25, -0.2) is 13.2 Å². The first-order chi connectivity index (χ1) is 7.83. The number of carbonyl (C=O) groups is 1. The highest BCUT2D eigenvalue weighted by atomic mass is 32.2. The molecule has 3 N–H and O–H groups in total. The molecule has 0 spiro atoms. The van der Waals surface area contributed by atoms with Crippen molar-refractivity contribution >= 4 is 21.5 Å². The Morgan fingerprint density at radius 1 is 1.47 bits per heavy atom. The number of rotatable bonds is 4. The van der Waals surface area contributed by atoms with Crippen LogP contribution in [0.5, 0.6) is 5.75 Å². The SMILES string of the molecule is CCS(=O)(=O)c1cc(C(=O)O)c(OC)cc1N. The van der Waals surface area contributed by atoms with Crippen LogP contribution >= 0.6 is 0 Å². The molecule has 94 valence electrons. The molecule has 17 heavy (non-hydrogen) atoms. The summed E-state index contributed by atoms with van der Waals surface area (Å²) in [6.45, 7) is 1.46. The zero-order valence-corrected chi connectivity index (χ0v) is 10.2. The predicted octanol–water partition coefficient (Wildman–Crippen LogP) is 0.769. The molecule has 0 radical (unpaired) electrons. The average molecular weight is 259 g/mol. The van der Waals surface area contributed by atoms with E-state index in [1.54, 1.807) is 0 Å². The highest BCUT2D eigenvalue weighted by Crippen LogP contribution is 2.29. The molecule has 1 aromatic rings. The van der Waals surface area contributed by atoms with E-state index in [1.807, 2.05) is 0 Å². The summed E-state index contributed by atoms with van der Waals surface area (Å²) in [4.78, 5) is 10.8. The van der Waals surface area contributed by atoms with Gasteiger partial charge < -0.3 is 15.6 Å². The average Bonchev–Trinajstić information content (AvgIpc) is 2.27. The normalized spacial score (nSPS) is 11.2. The molecule has 0 saturated heterocycles. The molecule has 0 aliphatic carbocycles. The summed E-state index contributed by atoms with van der Waals surface area (Å²) in [7, 11) is -2.27. The summed E-state index contributed by atoms with van der Waals surface area (Å²) in [5.41, 5.74) is 5.33. The van der Waals surface area contributed by atoms with E-state index >= 15 is 0 Å². The lowest BCUT2D eigenvalue weighted by Gasteiger charge is -2.10. The Kier molecular flexibility index (Phi) is 3.62. The van der Waals surface area contributed by atoms with E-state index in [2.05, 4.69) is 0 Å². The standard InChI is InChI=1S/C10H13NO5S/c1-3-17(14,15)9-4-6(10(12)13)8(16-2)5-7(9)11/h4-5H,3,11H2,1-2H3,(H,12,13). The van der Waals surface area contributed by atoms with Crippen LogP contribution in [0, 0.1) is 0 Å². The second-order valence-electron chi connectivity index (χ2n) is 3.30. The molecule has 0 aromatic heterocycles. The van der Waals surface area contributed by atoms with Gasteiger partial charge in [0, 0.05) is 6.07 Å². The van der Waals surface area contributed by atoms with Crippen molar-refractivity contribution in [2.45, 2.75) is 11.8 Å². The maximum Gasteiger partial charge on any atom is 0.339 e. The van der Waals surface area contributed by atoms with E-state index in [1.165, 1.54) is 20.1 Å². The van der Waals surface area contributed by atoms with Crippen LogP contribution in [0.3, 0.4) is 0 Å². The molecule has 0 fully saturated rings. The van der Waals surface area contributed by atoms with Gasteiger partial charge in [-0.2, -0.15) is 0 Å². The van der Waals surface area contributed by atoms with Gasteiger partial charge in [0.2, 0.25) is 0 Å². The van der Waals surface area contributed by atoms with Crippen molar-refractivity contribution in [3.63, 3.8) is 0 Å². The molecular formula is C10H13NO5S. The summed E-state index contributed by atoms with van der Waals surface area (Å²) in [6.07, 6.45) is 0. The molecule has 0 bridgehead atoms. The van der Waals surface area contributed by atoms with Crippen LogP contribution in [0.15, 0.2) is 17.0 Å². The molecule has 0 heterocycles. The largest absolute Gasteiger partial charge is 0.496 e. The molecule has 7 heteroatoms. The predicted molar refractivity (Wildman–Crippen MR) is 62.1 cm³/mol. The lowest BCUT2D eigenvalue weighted by Crippen LogP contribution is -2.10. The van der Waals surface area contributed by atoms with Gasteiger partial charge in [0.1, 0.15) is 11.3 Å². The van der Waals surface area contributed by atoms with Gasteiger partial charge >= 0.3 is 5.97 Å². The quantitative estimate of drug-likeness (QED) is 0.773. The van der Waals surface area contributed by atoms with Crippen molar-refractivity contribution in [2.75, 3.05) is 18.6 Å². The number of hydrogen-bond acceptors (Lipinski definition) is 5. The summed E-state index contributed by atoms with van der Waals surface area (Å²) >= 11 is 0. The van der Waals surface area contributed by atoms with Gasteiger partial charge in [0.05, 0.1) is 23.4 Å². The first-order valence-electron chi connectivity index (χ1n) is 4.77. The van der Waals surface area contributed by atoms with Crippen LogP contribution < -0.4 is 10.5 Å². The number of nitrogens with two attached hydrogens (primary N) is 1. The third kappa shape index (κ3) is 2.50. The van der Waals surface area contributed by atoms with Crippen LogP contribution in [0.2, 0.25) is 0 Å². The van der Waals surface area contributed by atoms with Crippen LogP contribution in [-0.4, -0.2) is 32.4 Å². The Morgan fingerprint density at radius 3 is 2.47 bits per heavy atom. The summed E-state index contributed by atoms with van der Waals surface area (Å²) in [5.74, 6) is -1.39. The van der Waals surface area contributed by atoms with Gasteiger partial charge in [0.15, 0.2) is 9.84 Å². The Balaban J connectivity index is 3.56. The minimum absolute atomic E-state index is 0.0197. The molecular weight excluding hydrogens is 246 g/mol. The minimum atomic E-state index is -3.55. The number of carboxylic acids is 1. The molecule has 0 amide bonds. The number of anilines is 1. The van der Waals surface area contributed by atoms with Crippen molar-refractivity contribution in [2.24, 2.45) is 0 Å². The Bertz CT molecular complexity index is 550. The Labute approximate surface area is 98.9 Å². The number of nitrogen functional groups attached to an aromatic ring is 1. The van der Waals surface area contributed by atoms with Crippen molar-refractivity contribution < 1.29 is 23.1 Å². The molecule has 6 nitrogen and oxygen atoms in total. The maximum absolute atomic E-state index is 11.7. The Hall–Kier alpha value is -1.76. The first-order valence-corrected chi connectivity index (χ1v) is 6.42.